The molecule has 168 valence electrons. The summed E-state index contributed by atoms with van der Waals surface area (Å²) in [6.45, 7) is 9.82. The van der Waals surface area contributed by atoms with Gasteiger partial charge in [0.05, 0.1) is 18.1 Å². The smallest absolute Gasteiger partial charge is 0.407 e. The number of nitrogens with one attached hydrogen (secondary N) is 1. The zero-order chi connectivity index (χ0) is 22.2. The number of carbonyl (C=O) groups excluding carboxylic acids is 1. The van der Waals surface area contributed by atoms with Crippen molar-refractivity contribution in [2.45, 2.75) is 65.0 Å². The maximum Gasteiger partial charge on any atom is 0.407 e. The largest absolute Gasteiger partial charge is 0.438 e. The number of rotatable bonds is 3. The van der Waals surface area contributed by atoms with Crippen LogP contribution in [0, 0.1) is 34.5 Å². The van der Waals surface area contributed by atoms with Crippen molar-refractivity contribution < 1.29 is 30.0 Å². The van der Waals surface area contributed by atoms with Crippen LogP contribution in [-0.2, 0) is 4.74 Å². The van der Waals surface area contributed by atoms with Gasteiger partial charge in [0.2, 0.25) is 0 Å². The normalized spacial score (nSPS) is 48.4. The highest BCUT2D eigenvalue weighted by atomic mass is 16.6. The molecular formula is C23H35NO6. The maximum atomic E-state index is 12.3. The maximum absolute atomic E-state index is 12.3. The fourth-order valence-electron chi connectivity index (χ4n) is 7.20. The number of carbonyl (C=O) groups is 1. The molecule has 0 aromatic heterocycles. The summed E-state index contributed by atoms with van der Waals surface area (Å²) in [7, 11) is 0. The minimum atomic E-state index is -1.98. The second kappa shape index (κ2) is 6.79. The molecule has 7 nitrogen and oxygen atoms in total. The Bertz CT molecular complexity index is 806. The predicted octanol–water partition coefficient (Wildman–Crippen LogP) is 1.36. The number of ether oxygens (including phenoxy) is 1. The molecule has 7 heteroatoms. The first kappa shape index (κ1) is 21.8. The molecule has 2 saturated carbocycles. The molecule has 1 amide bonds. The van der Waals surface area contributed by atoms with Crippen molar-refractivity contribution in [2.75, 3.05) is 13.2 Å². The second-order valence-electron chi connectivity index (χ2n) is 10.4. The lowest BCUT2D eigenvalue weighted by molar-refractivity contribution is -0.215. The van der Waals surface area contributed by atoms with Gasteiger partial charge in [-0.1, -0.05) is 32.9 Å². The van der Waals surface area contributed by atoms with Crippen molar-refractivity contribution in [2.24, 2.45) is 34.5 Å². The summed E-state index contributed by atoms with van der Waals surface area (Å²) in [5.41, 5.74) is -2.27. The molecule has 9 atom stereocenters. The summed E-state index contributed by atoms with van der Waals surface area (Å²) >= 11 is 0. The first-order valence-corrected chi connectivity index (χ1v) is 11.0. The van der Waals surface area contributed by atoms with Crippen molar-refractivity contribution in [1.29, 1.82) is 0 Å². The van der Waals surface area contributed by atoms with Crippen molar-refractivity contribution in [3.63, 3.8) is 0 Å². The molecule has 0 heterocycles. The van der Waals surface area contributed by atoms with E-state index in [0.29, 0.717) is 18.0 Å². The van der Waals surface area contributed by atoms with E-state index in [1.807, 2.05) is 13.0 Å². The number of hydrogen-bond acceptors (Lipinski definition) is 6. The van der Waals surface area contributed by atoms with Gasteiger partial charge in [0.1, 0.15) is 11.7 Å². The van der Waals surface area contributed by atoms with Gasteiger partial charge >= 0.3 is 6.09 Å². The van der Waals surface area contributed by atoms with E-state index in [0.717, 1.165) is 6.42 Å². The van der Waals surface area contributed by atoms with Crippen LogP contribution >= 0.6 is 0 Å². The van der Waals surface area contributed by atoms with Gasteiger partial charge in [-0.2, -0.15) is 0 Å². The van der Waals surface area contributed by atoms with E-state index in [2.05, 4.69) is 19.2 Å². The number of alkyl carbamates (subject to hydrolysis) is 1. The fourth-order valence-corrected chi connectivity index (χ4v) is 7.20. The molecular weight excluding hydrogens is 386 g/mol. The lowest BCUT2D eigenvalue weighted by Crippen LogP contribution is -2.67. The molecule has 2 fully saturated rings. The molecule has 0 radical (unpaired) electrons. The molecule has 30 heavy (non-hydrogen) atoms. The third-order valence-electron chi connectivity index (χ3n) is 8.71. The molecule has 0 saturated heterocycles. The summed E-state index contributed by atoms with van der Waals surface area (Å²) in [6.07, 6.45) is 0.107. The number of amides is 1. The van der Waals surface area contributed by atoms with Crippen LogP contribution in [0.1, 0.15) is 41.0 Å². The van der Waals surface area contributed by atoms with E-state index < -0.39 is 42.0 Å². The molecule has 1 spiro atoms. The zero-order valence-electron chi connectivity index (χ0n) is 18.4. The molecule has 0 aromatic rings. The molecule has 4 rings (SSSR count). The second-order valence-corrected chi connectivity index (χ2v) is 10.4. The fraction of sp³-hybridized carbons (Fsp3) is 0.783. The zero-order valence-corrected chi connectivity index (χ0v) is 18.4. The minimum Gasteiger partial charge on any atom is -0.438 e. The first-order chi connectivity index (χ1) is 14.0. The average molecular weight is 422 g/mol. The Labute approximate surface area is 177 Å². The molecule has 1 unspecified atom stereocenters. The Morgan fingerprint density at radius 3 is 2.60 bits per heavy atom. The van der Waals surface area contributed by atoms with Gasteiger partial charge in [0.25, 0.3) is 0 Å². The number of aliphatic hydroxyl groups is 4. The first-order valence-electron chi connectivity index (χ1n) is 11.0. The van der Waals surface area contributed by atoms with Crippen molar-refractivity contribution in [1.82, 2.24) is 5.32 Å². The van der Waals surface area contributed by atoms with Gasteiger partial charge in [0.15, 0.2) is 6.10 Å². The van der Waals surface area contributed by atoms with Crippen LogP contribution in [0.5, 0.6) is 0 Å². The lowest BCUT2D eigenvalue weighted by Gasteiger charge is -2.52. The average Bonchev–Trinajstić information content (AvgIpc) is 3.16. The van der Waals surface area contributed by atoms with Crippen molar-refractivity contribution >= 4 is 6.09 Å². The van der Waals surface area contributed by atoms with Gasteiger partial charge < -0.3 is 30.5 Å². The molecule has 5 N–H and O–H groups in total. The number of fused-ring (bicyclic) bond motifs is 3. The van der Waals surface area contributed by atoms with Gasteiger partial charge in [-0.15, -0.1) is 0 Å². The molecule has 4 aliphatic rings. The van der Waals surface area contributed by atoms with Crippen LogP contribution in [0.4, 0.5) is 4.79 Å². The standard InChI is InChI=1S/C23H35NO6/c1-6-24-20(28)30-19-11(2)9-22-12(3)7-15-16(21(15,4)5)14(18(22)27)8-13(10-25)17(26)23(19,22)29/h8-9,12,14-19,25-27,29H,6-7,10H2,1-5H3,(H,24,28)/t12-,14+,15-,16+,17-,18?,19+,22+,23+/m1/s1. The van der Waals surface area contributed by atoms with Crippen LogP contribution < -0.4 is 5.32 Å². The molecule has 0 aliphatic heterocycles. The molecule has 2 bridgehead atoms. The monoisotopic (exact) mass is 421 g/mol. The van der Waals surface area contributed by atoms with Crippen LogP contribution in [-0.4, -0.2) is 63.6 Å². The van der Waals surface area contributed by atoms with Gasteiger partial charge in [0, 0.05) is 12.5 Å². The number of aliphatic hydroxyl groups excluding tert-OH is 3. The summed E-state index contributed by atoms with van der Waals surface area (Å²) < 4.78 is 5.61. The highest BCUT2D eigenvalue weighted by Gasteiger charge is 2.76. The highest BCUT2D eigenvalue weighted by molar-refractivity contribution is 5.68. The van der Waals surface area contributed by atoms with Gasteiger partial charge in [-0.3, -0.25) is 0 Å². The summed E-state index contributed by atoms with van der Waals surface area (Å²) in [5, 5.41) is 48.0. The minimum absolute atomic E-state index is 0.0419. The Morgan fingerprint density at radius 1 is 1.33 bits per heavy atom. The van der Waals surface area contributed by atoms with E-state index >= 15 is 0 Å². The Hall–Kier alpha value is -1.41. The third-order valence-corrected chi connectivity index (χ3v) is 8.71. The van der Waals surface area contributed by atoms with Crippen molar-refractivity contribution in [3.05, 3.63) is 23.3 Å². The Balaban J connectivity index is 1.89. The van der Waals surface area contributed by atoms with Gasteiger partial charge in [-0.05, 0) is 54.6 Å². The summed E-state index contributed by atoms with van der Waals surface area (Å²) in [5.74, 6) is 0.0884. The quantitative estimate of drug-likeness (QED) is 0.439. The Morgan fingerprint density at radius 2 is 2.00 bits per heavy atom. The van der Waals surface area contributed by atoms with Gasteiger partial charge in [-0.25, -0.2) is 4.79 Å². The van der Waals surface area contributed by atoms with E-state index in [4.69, 9.17) is 4.74 Å². The van der Waals surface area contributed by atoms with Crippen LogP contribution in [0.25, 0.3) is 0 Å². The third kappa shape index (κ3) is 2.49. The van der Waals surface area contributed by atoms with Crippen LogP contribution in [0.3, 0.4) is 0 Å². The Kier molecular flexibility index (Phi) is 4.94. The molecule has 0 aromatic carbocycles. The van der Waals surface area contributed by atoms with E-state index in [-0.39, 0.29) is 28.7 Å². The lowest BCUT2D eigenvalue weighted by atomic mass is 9.58. The van der Waals surface area contributed by atoms with Crippen LogP contribution in [0.15, 0.2) is 23.3 Å². The van der Waals surface area contributed by atoms with Crippen molar-refractivity contribution in [3.8, 4) is 0 Å². The van der Waals surface area contributed by atoms with E-state index in [9.17, 15) is 25.2 Å². The van der Waals surface area contributed by atoms with E-state index in [1.165, 1.54) is 0 Å². The topological polar surface area (TPSA) is 119 Å². The highest BCUT2D eigenvalue weighted by Crippen LogP contribution is 2.72. The predicted molar refractivity (Wildman–Crippen MR) is 110 cm³/mol. The summed E-state index contributed by atoms with van der Waals surface area (Å²) in [6, 6.07) is 0. The molecule has 4 aliphatic carbocycles. The summed E-state index contributed by atoms with van der Waals surface area (Å²) in [4.78, 5) is 12.3. The van der Waals surface area contributed by atoms with Crippen LogP contribution in [0.2, 0.25) is 0 Å². The van der Waals surface area contributed by atoms with E-state index in [1.54, 1.807) is 19.9 Å². The SMILES string of the molecule is CCNC(=O)O[C@H]1C(C)=C[C@]23C(O)[C@@H](C=C(CO)[C@@H](O)[C@]12O)[C@H]1[C@@H](C[C@H]3C)C1(C)C. The number of hydrogen-bond donors (Lipinski definition) is 5.